The van der Waals surface area contributed by atoms with Crippen LogP contribution in [0.2, 0.25) is 0 Å². The molecule has 0 aliphatic heterocycles. The van der Waals surface area contributed by atoms with Crippen LogP contribution in [-0.4, -0.2) is 32.6 Å². The average molecular weight is 274 g/mol. The van der Waals surface area contributed by atoms with E-state index < -0.39 is 11.7 Å². The third-order valence-corrected chi connectivity index (χ3v) is 3.19. The summed E-state index contributed by atoms with van der Waals surface area (Å²) in [5.41, 5.74) is 1.02. The van der Waals surface area contributed by atoms with Crippen LogP contribution in [-0.2, 0) is 6.18 Å². The molecule has 0 heterocycles. The van der Waals surface area contributed by atoms with Crippen LogP contribution in [0.15, 0.2) is 18.2 Å². The summed E-state index contributed by atoms with van der Waals surface area (Å²) in [6.45, 7) is 2.61. The number of rotatable bonds is 5. The first-order chi connectivity index (χ1) is 8.75. The molecule has 0 aliphatic carbocycles. The quantitative estimate of drug-likeness (QED) is 0.887. The molecule has 0 saturated carbocycles. The largest absolute Gasteiger partial charge is 0.416 e. The molecular formula is C14H21F3N2. The Kier molecular flexibility index (Phi) is 5.38. The van der Waals surface area contributed by atoms with E-state index >= 15 is 0 Å². The Hall–Kier alpha value is -1.07. The van der Waals surface area contributed by atoms with Gasteiger partial charge in [0, 0.05) is 6.04 Å². The summed E-state index contributed by atoms with van der Waals surface area (Å²) in [5.74, 6) is 0. The molecule has 0 amide bonds. The first-order valence-electron chi connectivity index (χ1n) is 6.25. The van der Waals surface area contributed by atoms with Crippen molar-refractivity contribution in [3.8, 4) is 0 Å². The highest BCUT2D eigenvalue weighted by atomic mass is 19.4. The van der Waals surface area contributed by atoms with Gasteiger partial charge in [-0.05, 0) is 64.3 Å². The topological polar surface area (TPSA) is 15.3 Å². The summed E-state index contributed by atoms with van der Waals surface area (Å²) in [6, 6.07) is 4.02. The second kappa shape index (κ2) is 6.39. The van der Waals surface area contributed by atoms with Crippen molar-refractivity contribution >= 4 is 0 Å². The molecule has 1 atom stereocenters. The SMILES string of the molecule is CNC(CCN(C)C)c1ccc(C(F)(F)F)cc1C. The first-order valence-corrected chi connectivity index (χ1v) is 6.25. The highest BCUT2D eigenvalue weighted by molar-refractivity contribution is 5.34. The number of hydrogen-bond donors (Lipinski definition) is 1. The van der Waals surface area contributed by atoms with Crippen LogP contribution in [0, 0.1) is 6.92 Å². The standard InChI is InChI=1S/C14H21F3N2/c1-10-9-11(14(15,16)17)5-6-12(10)13(18-2)7-8-19(3)4/h5-6,9,13,18H,7-8H2,1-4H3. The monoisotopic (exact) mass is 274 g/mol. The Labute approximate surface area is 112 Å². The van der Waals surface area contributed by atoms with Crippen LogP contribution in [0.5, 0.6) is 0 Å². The van der Waals surface area contributed by atoms with E-state index in [9.17, 15) is 13.2 Å². The number of hydrogen-bond acceptors (Lipinski definition) is 2. The third kappa shape index (κ3) is 4.51. The predicted octanol–water partition coefficient (Wildman–Crippen LogP) is 3.23. The van der Waals surface area contributed by atoms with Gasteiger partial charge in [-0.15, -0.1) is 0 Å². The minimum Gasteiger partial charge on any atom is -0.313 e. The molecule has 0 aliphatic rings. The second-order valence-electron chi connectivity index (χ2n) is 5.00. The summed E-state index contributed by atoms with van der Waals surface area (Å²) < 4.78 is 37.8. The molecule has 0 fully saturated rings. The Morgan fingerprint density at radius 3 is 2.32 bits per heavy atom. The lowest BCUT2D eigenvalue weighted by atomic mass is 9.96. The number of nitrogens with zero attached hydrogens (tertiary/aromatic N) is 1. The smallest absolute Gasteiger partial charge is 0.313 e. The Morgan fingerprint density at radius 2 is 1.89 bits per heavy atom. The molecule has 19 heavy (non-hydrogen) atoms. The van der Waals surface area contributed by atoms with E-state index in [0.717, 1.165) is 24.6 Å². The maximum absolute atomic E-state index is 12.6. The van der Waals surface area contributed by atoms with Crippen LogP contribution in [0.25, 0.3) is 0 Å². The molecular weight excluding hydrogens is 253 g/mol. The Balaban J connectivity index is 2.93. The fourth-order valence-electron chi connectivity index (χ4n) is 2.09. The van der Waals surface area contributed by atoms with Crippen molar-refractivity contribution in [2.45, 2.75) is 25.6 Å². The lowest BCUT2D eigenvalue weighted by Gasteiger charge is -2.21. The fourth-order valence-corrected chi connectivity index (χ4v) is 2.09. The van der Waals surface area contributed by atoms with Crippen molar-refractivity contribution in [2.75, 3.05) is 27.7 Å². The minimum atomic E-state index is -4.28. The molecule has 1 N–H and O–H groups in total. The zero-order chi connectivity index (χ0) is 14.6. The molecule has 5 heteroatoms. The van der Waals surface area contributed by atoms with Crippen molar-refractivity contribution in [3.05, 3.63) is 34.9 Å². The predicted molar refractivity (Wildman–Crippen MR) is 71.2 cm³/mol. The maximum atomic E-state index is 12.6. The van der Waals surface area contributed by atoms with Gasteiger partial charge in [0.2, 0.25) is 0 Å². The minimum absolute atomic E-state index is 0.0738. The molecule has 108 valence electrons. The number of halogens is 3. The summed E-state index contributed by atoms with van der Waals surface area (Å²) in [6.07, 6.45) is -3.42. The molecule has 1 unspecified atom stereocenters. The fraction of sp³-hybridized carbons (Fsp3) is 0.571. The molecule has 0 saturated heterocycles. The molecule has 0 spiro atoms. The van der Waals surface area contributed by atoms with E-state index in [0.29, 0.717) is 5.56 Å². The molecule has 1 rings (SSSR count). The van der Waals surface area contributed by atoms with Gasteiger partial charge in [0.15, 0.2) is 0 Å². The van der Waals surface area contributed by atoms with Crippen LogP contribution in [0.1, 0.15) is 29.2 Å². The molecule has 0 aromatic heterocycles. The Bertz CT molecular complexity index is 414. The van der Waals surface area contributed by atoms with Gasteiger partial charge in [0.25, 0.3) is 0 Å². The zero-order valence-corrected chi connectivity index (χ0v) is 11.8. The van der Waals surface area contributed by atoms with Crippen molar-refractivity contribution in [1.29, 1.82) is 0 Å². The van der Waals surface area contributed by atoms with Crippen molar-refractivity contribution in [3.63, 3.8) is 0 Å². The second-order valence-corrected chi connectivity index (χ2v) is 5.00. The maximum Gasteiger partial charge on any atom is 0.416 e. The van der Waals surface area contributed by atoms with E-state index in [2.05, 4.69) is 10.2 Å². The van der Waals surface area contributed by atoms with Gasteiger partial charge < -0.3 is 10.2 Å². The molecule has 0 radical (unpaired) electrons. The van der Waals surface area contributed by atoms with Gasteiger partial charge in [-0.25, -0.2) is 0 Å². The van der Waals surface area contributed by atoms with E-state index in [-0.39, 0.29) is 6.04 Å². The summed E-state index contributed by atoms with van der Waals surface area (Å²) >= 11 is 0. The third-order valence-electron chi connectivity index (χ3n) is 3.19. The van der Waals surface area contributed by atoms with Crippen LogP contribution in [0.4, 0.5) is 13.2 Å². The lowest BCUT2D eigenvalue weighted by Crippen LogP contribution is -2.23. The van der Waals surface area contributed by atoms with Crippen molar-refractivity contribution in [1.82, 2.24) is 10.2 Å². The van der Waals surface area contributed by atoms with Crippen LogP contribution < -0.4 is 5.32 Å². The molecule has 0 bridgehead atoms. The van der Waals surface area contributed by atoms with E-state index in [1.165, 1.54) is 6.07 Å². The zero-order valence-electron chi connectivity index (χ0n) is 11.8. The number of alkyl halides is 3. The van der Waals surface area contributed by atoms with Crippen LogP contribution >= 0.6 is 0 Å². The highest BCUT2D eigenvalue weighted by Gasteiger charge is 2.30. The van der Waals surface area contributed by atoms with E-state index in [1.54, 1.807) is 13.0 Å². The molecule has 1 aromatic rings. The average Bonchev–Trinajstić information content (AvgIpc) is 2.29. The number of benzene rings is 1. The van der Waals surface area contributed by atoms with E-state index in [1.807, 2.05) is 21.1 Å². The van der Waals surface area contributed by atoms with Gasteiger partial charge in [-0.3, -0.25) is 0 Å². The van der Waals surface area contributed by atoms with Gasteiger partial charge >= 0.3 is 6.18 Å². The Morgan fingerprint density at radius 1 is 1.26 bits per heavy atom. The summed E-state index contributed by atoms with van der Waals surface area (Å²) in [5, 5.41) is 3.16. The number of aryl methyl sites for hydroxylation is 1. The van der Waals surface area contributed by atoms with Gasteiger partial charge in [-0.1, -0.05) is 6.07 Å². The summed E-state index contributed by atoms with van der Waals surface area (Å²) in [7, 11) is 5.79. The van der Waals surface area contributed by atoms with Gasteiger partial charge in [-0.2, -0.15) is 13.2 Å². The van der Waals surface area contributed by atoms with Gasteiger partial charge in [0.1, 0.15) is 0 Å². The normalized spacial score (nSPS) is 13.9. The van der Waals surface area contributed by atoms with Crippen molar-refractivity contribution in [2.24, 2.45) is 0 Å². The number of nitrogens with one attached hydrogen (secondary N) is 1. The summed E-state index contributed by atoms with van der Waals surface area (Å²) in [4.78, 5) is 2.06. The van der Waals surface area contributed by atoms with Crippen LogP contribution in [0.3, 0.4) is 0 Å². The van der Waals surface area contributed by atoms with Gasteiger partial charge in [0.05, 0.1) is 5.56 Å². The van der Waals surface area contributed by atoms with E-state index in [4.69, 9.17) is 0 Å². The van der Waals surface area contributed by atoms with Crippen molar-refractivity contribution < 1.29 is 13.2 Å². The molecule has 1 aromatic carbocycles. The lowest BCUT2D eigenvalue weighted by molar-refractivity contribution is -0.137. The molecule has 2 nitrogen and oxygen atoms in total. The first kappa shape index (κ1) is 16.0. The highest BCUT2D eigenvalue weighted by Crippen LogP contribution is 2.32.